The highest BCUT2D eigenvalue weighted by Gasteiger charge is 2.18. The van der Waals surface area contributed by atoms with Gasteiger partial charge in [-0.25, -0.2) is 13.1 Å². The van der Waals surface area contributed by atoms with E-state index in [0.717, 1.165) is 0 Å². The van der Waals surface area contributed by atoms with Crippen molar-refractivity contribution in [2.24, 2.45) is 0 Å². The largest absolute Gasteiger partial charge is 0.272 e. The van der Waals surface area contributed by atoms with E-state index in [1.807, 2.05) is 43.3 Å². The Bertz CT molecular complexity index is 882. The quantitative estimate of drug-likeness (QED) is 0.662. The first kappa shape index (κ1) is 18.4. The van der Waals surface area contributed by atoms with Crippen LogP contribution in [-0.4, -0.2) is 24.7 Å². The molecule has 136 valence electrons. The molecule has 0 saturated heterocycles. The fourth-order valence-corrected chi connectivity index (χ4v) is 3.97. The Balaban J connectivity index is 1.72. The number of nitrogens with one attached hydrogen (secondary N) is 1. The Labute approximate surface area is 154 Å². The maximum Gasteiger partial charge on any atom is 0.243 e. The third kappa shape index (κ3) is 4.39. The molecule has 3 rings (SSSR count). The molecule has 0 atom stereocenters. The average molecular weight is 369 g/mol. The van der Waals surface area contributed by atoms with Gasteiger partial charge in [-0.15, -0.1) is 0 Å². The highest BCUT2D eigenvalue weighted by atomic mass is 32.2. The van der Waals surface area contributed by atoms with Gasteiger partial charge in [0.1, 0.15) is 4.90 Å². The number of aryl methyl sites for hydroxylation is 1. The van der Waals surface area contributed by atoms with Gasteiger partial charge >= 0.3 is 0 Å². The molecule has 5 nitrogen and oxygen atoms in total. The lowest BCUT2D eigenvalue weighted by molar-refractivity contribution is 0.574. The van der Waals surface area contributed by atoms with Crippen molar-refractivity contribution >= 4 is 10.0 Å². The molecule has 0 aliphatic heterocycles. The molecule has 0 saturated carbocycles. The lowest BCUT2D eigenvalue weighted by Gasteiger charge is -2.18. The molecule has 0 aliphatic rings. The van der Waals surface area contributed by atoms with Gasteiger partial charge in [0.2, 0.25) is 10.0 Å². The van der Waals surface area contributed by atoms with E-state index in [2.05, 4.69) is 34.1 Å². The van der Waals surface area contributed by atoms with E-state index >= 15 is 0 Å². The topological polar surface area (TPSA) is 64.0 Å². The SMILES string of the molecule is CCn1cc(S(=O)(=O)NCCC(c2ccccc2)c2ccccc2)cn1. The van der Waals surface area contributed by atoms with Gasteiger partial charge in [0.25, 0.3) is 0 Å². The summed E-state index contributed by atoms with van der Waals surface area (Å²) in [6.45, 7) is 2.91. The van der Waals surface area contributed by atoms with Crippen molar-refractivity contribution in [3.63, 3.8) is 0 Å². The van der Waals surface area contributed by atoms with E-state index in [1.54, 1.807) is 10.9 Å². The number of rotatable bonds is 8. The number of aromatic nitrogens is 2. The molecule has 1 aromatic heterocycles. The molecule has 0 aliphatic carbocycles. The van der Waals surface area contributed by atoms with Gasteiger partial charge in [0.05, 0.1) is 6.20 Å². The standard InChI is InChI=1S/C20H23N3O2S/c1-2-23-16-19(15-21-23)26(24,25)22-14-13-20(17-9-5-3-6-10-17)18-11-7-4-8-12-18/h3-12,15-16,20,22H,2,13-14H2,1H3. The van der Waals surface area contributed by atoms with Gasteiger partial charge in [-0.2, -0.15) is 5.10 Å². The summed E-state index contributed by atoms with van der Waals surface area (Å²) in [5.74, 6) is 0.137. The van der Waals surface area contributed by atoms with E-state index in [9.17, 15) is 8.42 Å². The zero-order valence-corrected chi connectivity index (χ0v) is 15.6. The predicted octanol–water partition coefficient (Wildman–Crippen LogP) is 3.40. The Morgan fingerprint density at radius 1 is 1.00 bits per heavy atom. The van der Waals surface area contributed by atoms with Crippen LogP contribution in [0.3, 0.4) is 0 Å². The number of nitrogens with zero attached hydrogens (tertiary/aromatic N) is 2. The molecule has 0 spiro atoms. The maximum atomic E-state index is 12.5. The predicted molar refractivity (Wildman–Crippen MR) is 102 cm³/mol. The monoisotopic (exact) mass is 369 g/mol. The summed E-state index contributed by atoms with van der Waals surface area (Å²) in [6, 6.07) is 20.3. The molecule has 26 heavy (non-hydrogen) atoms. The first-order valence-electron chi connectivity index (χ1n) is 8.72. The van der Waals surface area contributed by atoms with Crippen molar-refractivity contribution in [3.8, 4) is 0 Å². The summed E-state index contributed by atoms with van der Waals surface area (Å²) < 4.78 is 29.2. The van der Waals surface area contributed by atoms with Crippen LogP contribution in [0.1, 0.15) is 30.4 Å². The minimum Gasteiger partial charge on any atom is -0.272 e. The van der Waals surface area contributed by atoms with Crippen LogP contribution in [0.2, 0.25) is 0 Å². The Hall–Kier alpha value is -2.44. The van der Waals surface area contributed by atoms with Crippen LogP contribution in [0.25, 0.3) is 0 Å². The Morgan fingerprint density at radius 2 is 1.58 bits per heavy atom. The van der Waals surface area contributed by atoms with Crippen molar-refractivity contribution in [3.05, 3.63) is 84.2 Å². The molecular weight excluding hydrogens is 346 g/mol. The van der Waals surface area contributed by atoms with Crippen molar-refractivity contribution < 1.29 is 8.42 Å². The molecule has 0 bridgehead atoms. The van der Waals surface area contributed by atoms with Crippen LogP contribution in [0.15, 0.2) is 78.0 Å². The van der Waals surface area contributed by atoms with Crippen LogP contribution in [0.4, 0.5) is 0 Å². The van der Waals surface area contributed by atoms with Crippen molar-refractivity contribution in [2.75, 3.05) is 6.54 Å². The number of benzene rings is 2. The van der Waals surface area contributed by atoms with E-state index in [1.165, 1.54) is 17.3 Å². The van der Waals surface area contributed by atoms with Crippen molar-refractivity contribution in [1.29, 1.82) is 0 Å². The van der Waals surface area contributed by atoms with E-state index in [0.29, 0.717) is 19.5 Å². The highest BCUT2D eigenvalue weighted by Crippen LogP contribution is 2.27. The van der Waals surface area contributed by atoms with Gasteiger partial charge in [-0.3, -0.25) is 4.68 Å². The van der Waals surface area contributed by atoms with E-state index in [4.69, 9.17) is 0 Å². The summed E-state index contributed by atoms with van der Waals surface area (Å²) >= 11 is 0. The van der Waals surface area contributed by atoms with Crippen molar-refractivity contribution in [1.82, 2.24) is 14.5 Å². The van der Waals surface area contributed by atoms with Gasteiger partial charge in [-0.1, -0.05) is 60.7 Å². The normalized spacial score (nSPS) is 11.8. The first-order valence-corrected chi connectivity index (χ1v) is 10.2. The zero-order valence-electron chi connectivity index (χ0n) is 14.7. The first-order chi connectivity index (χ1) is 12.6. The van der Waals surface area contributed by atoms with E-state index in [-0.39, 0.29) is 10.8 Å². The Morgan fingerprint density at radius 3 is 2.08 bits per heavy atom. The Kier molecular flexibility index (Phi) is 5.85. The zero-order chi connectivity index (χ0) is 18.4. The number of hydrogen-bond donors (Lipinski definition) is 1. The molecule has 1 N–H and O–H groups in total. The molecule has 6 heteroatoms. The summed E-state index contributed by atoms with van der Waals surface area (Å²) in [6.07, 6.45) is 3.61. The van der Waals surface area contributed by atoms with Crippen LogP contribution in [0.5, 0.6) is 0 Å². The summed E-state index contributed by atoms with van der Waals surface area (Å²) in [5, 5.41) is 4.04. The van der Waals surface area contributed by atoms with Crippen LogP contribution in [-0.2, 0) is 16.6 Å². The molecule has 3 aromatic rings. The van der Waals surface area contributed by atoms with Crippen LogP contribution < -0.4 is 4.72 Å². The summed E-state index contributed by atoms with van der Waals surface area (Å²) in [7, 11) is -3.54. The maximum absolute atomic E-state index is 12.5. The number of sulfonamides is 1. The van der Waals surface area contributed by atoms with Crippen LogP contribution >= 0.6 is 0 Å². The lowest BCUT2D eigenvalue weighted by atomic mass is 9.89. The lowest BCUT2D eigenvalue weighted by Crippen LogP contribution is -2.26. The fourth-order valence-electron chi connectivity index (χ4n) is 2.97. The van der Waals surface area contributed by atoms with Gasteiger partial charge in [-0.05, 0) is 24.5 Å². The van der Waals surface area contributed by atoms with E-state index < -0.39 is 10.0 Å². The second-order valence-corrected chi connectivity index (χ2v) is 7.86. The van der Waals surface area contributed by atoms with Crippen molar-refractivity contribution in [2.45, 2.75) is 30.7 Å². The fraction of sp³-hybridized carbons (Fsp3) is 0.250. The van der Waals surface area contributed by atoms with Gasteiger partial charge in [0, 0.05) is 25.2 Å². The minimum atomic E-state index is -3.54. The smallest absolute Gasteiger partial charge is 0.243 e. The molecule has 0 radical (unpaired) electrons. The highest BCUT2D eigenvalue weighted by molar-refractivity contribution is 7.89. The molecule has 1 heterocycles. The molecular formula is C20H23N3O2S. The average Bonchev–Trinajstić information content (AvgIpc) is 3.17. The third-order valence-electron chi connectivity index (χ3n) is 4.37. The second-order valence-electron chi connectivity index (χ2n) is 6.09. The molecule has 0 amide bonds. The van der Waals surface area contributed by atoms with Gasteiger partial charge in [0.15, 0.2) is 0 Å². The van der Waals surface area contributed by atoms with Crippen LogP contribution in [0, 0.1) is 0 Å². The second kappa shape index (κ2) is 8.29. The van der Waals surface area contributed by atoms with Gasteiger partial charge < -0.3 is 0 Å². The molecule has 2 aromatic carbocycles. The molecule has 0 fully saturated rings. The summed E-state index contributed by atoms with van der Waals surface area (Å²) in [5.41, 5.74) is 2.36. The molecule has 0 unspecified atom stereocenters. The number of hydrogen-bond acceptors (Lipinski definition) is 3. The minimum absolute atomic E-state index is 0.137. The third-order valence-corrected chi connectivity index (χ3v) is 5.79. The summed E-state index contributed by atoms with van der Waals surface area (Å²) in [4.78, 5) is 0.204.